The molecular formula is C17H14FN3O2. The minimum Gasteiger partial charge on any atom is -0.343 e. The van der Waals surface area contributed by atoms with Crippen molar-refractivity contribution >= 4 is 5.91 Å². The molecule has 0 aliphatic carbocycles. The van der Waals surface area contributed by atoms with Crippen LogP contribution < -0.4 is 5.32 Å². The molecule has 116 valence electrons. The highest BCUT2D eigenvalue weighted by Gasteiger charge is 2.11. The van der Waals surface area contributed by atoms with E-state index in [2.05, 4.69) is 15.5 Å². The number of benzene rings is 2. The molecule has 5 nitrogen and oxygen atoms in total. The van der Waals surface area contributed by atoms with Gasteiger partial charge in [-0.1, -0.05) is 35.0 Å². The van der Waals surface area contributed by atoms with Gasteiger partial charge in [-0.2, -0.15) is 4.98 Å². The molecule has 0 atom stereocenters. The lowest BCUT2D eigenvalue weighted by molar-refractivity contribution is 0.0946. The molecule has 0 spiro atoms. The number of carbonyl (C=O) groups excluding carboxylic acids is 1. The molecule has 0 unspecified atom stereocenters. The quantitative estimate of drug-likeness (QED) is 0.804. The maximum Gasteiger partial charge on any atom is 0.251 e. The standard InChI is InChI=1S/C17H14FN3O2/c1-11-2-4-12(5-3-11)16-20-15(23-21-16)10-19-17(22)13-6-8-14(18)9-7-13/h2-9H,10H2,1H3,(H,19,22). The number of nitrogens with zero attached hydrogens (tertiary/aromatic N) is 2. The van der Waals surface area contributed by atoms with E-state index in [0.717, 1.165) is 11.1 Å². The van der Waals surface area contributed by atoms with Crippen molar-refractivity contribution in [1.82, 2.24) is 15.5 Å². The van der Waals surface area contributed by atoms with Crippen LogP contribution in [0.1, 0.15) is 21.8 Å². The molecule has 0 saturated carbocycles. The molecule has 1 aromatic heterocycles. The van der Waals surface area contributed by atoms with Crippen LogP contribution in [0.3, 0.4) is 0 Å². The van der Waals surface area contributed by atoms with Crippen LogP contribution in [0.15, 0.2) is 53.1 Å². The summed E-state index contributed by atoms with van der Waals surface area (Å²) in [5.74, 6) is 0.0494. The van der Waals surface area contributed by atoms with Crippen molar-refractivity contribution in [2.45, 2.75) is 13.5 Å². The van der Waals surface area contributed by atoms with E-state index in [-0.39, 0.29) is 18.3 Å². The van der Waals surface area contributed by atoms with Gasteiger partial charge in [0.1, 0.15) is 5.82 Å². The highest BCUT2D eigenvalue weighted by atomic mass is 19.1. The van der Waals surface area contributed by atoms with Gasteiger partial charge in [-0.25, -0.2) is 4.39 Å². The van der Waals surface area contributed by atoms with Crippen LogP contribution in [-0.4, -0.2) is 16.0 Å². The van der Waals surface area contributed by atoms with Crippen LogP contribution in [-0.2, 0) is 6.54 Å². The summed E-state index contributed by atoms with van der Waals surface area (Å²) in [5, 5.41) is 6.54. The number of aryl methyl sites for hydroxylation is 1. The third-order valence-electron chi connectivity index (χ3n) is 3.28. The van der Waals surface area contributed by atoms with E-state index < -0.39 is 0 Å². The van der Waals surface area contributed by atoms with Gasteiger partial charge in [0.05, 0.1) is 6.54 Å². The summed E-state index contributed by atoms with van der Waals surface area (Å²) in [6.45, 7) is 2.10. The van der Waals surface area contributed by atoms with E-state index in [1.54, 1.807) is 0 Å². The van der Waals surface area contributed by atoms with Gasteiger partial charge in [-0.15, -0.1) is 0 Å². The molecule has 0 bridgehead atoms. The number of aromatic nitrogens is 2. The maximum atomic E-state index is 12.8. The third kappa shape index (κ3) is 3.60. The smallest absolute Gasteiger partial charge is 0.251 e. The Balaban J connectivity index is 1.64. The Labute approximate surface area is 132 Å². The maximum absolute atomic E-state index is 12.8. The Bertz CT molecular complexity index is 811. The largest absolute Gasteiger partial charge is 0.343 e. The topological polar surface area (TPSA) is 68.0 Å². The van der Waals surface area contributed by atoms with Crippen LogP contribution in [0.2, 0.25) is 0 Å². The Morgan fingerprint density at radius 3 is 2.52 bits per heavy atom. The van der Waals surface area contributed by atoms with Gasteiger partial charge in [0, 0.05) is 11.1 Å². The first-order valence-electron chi connectivity index (χ1n) is 7.05. The molecule has 23 heavy (non-hydrogen) atoms. The zero-order valence-electron chi connectivity index (χ0n) is 12.4. The van der Waals surface area contributed by atoms with E-state index in [0.29, 0.717) is 17.3 Å². The fourth-order valence-electron chi connectivity index (χ4n) is 2.01. The third-order valence-corrected chi connectivity index (χ3v) is 3.28. The van der Waals surface area contributed by atoms with Gasteiger partial charge in [-0.3, -0.25) is 4.79 Å². The van der Waals surface area contributed by atoms with Crippen LogP contribution in [0.25, 0.3) is 11.4 Å². The monoisotopic (exact) mass is 311 g/mol. The molecule has 0 fully saturated rings. The van der Waals surface area contributed by atoms with Gasteiger partial charge < -0.3 is 9.84 Å². The normalized spacial score (nSPS) is 10.5. The van der Waals surface area contributed by atoms with E-state index in [4.69, 9.17) is 4.52 Å². The highest BCUT2D eigenvalue weighted by Crippen LogP contribution is 2.16. The number of rotatable bonds is 4. The summed E-state index contributed by atoms with van der Waals surface area (Å²) in [4.78, 5) is 16.2. The van der Waals surface area contributed by atoms with Crippen LogP contribution in [0.5, 0.6) is 0 Å². The number of hydrogen-bond acceptors (Lipinski definition) is 4. The van der Waals surface area contributed by atoms with E-state index in [9.17, 15) is 9.18 Å². The molecule has 1 amide bonds. The molecule has 0 saturated heterocycles. The lowest BCUT2D eigenvalue weighted by Crippen LogP contribution is -2.22. The summed E-state index contributed by atoms with van der Waals surface area (Å²) in [6, 6.07) is 13.0. The second-order valence-corrected chi connectivity index (χ2v) is 5.07. The minimum absolute atomic E-state index is 0.106. The SMILES string of the molecule is Cc1ccc(-c2noc(CNC(=O)c3ccc(F)cc3)n2)cc1. The average molecular weight is 311 g/mol. The van der Waals surface area contributed by atoms with Gasteiger partial charge in [0.15, 0.2) is 0 Å². The van der Waals surface area contributed by atoms with Crippen LogP contribution in [0.4, 0.5) is 4.39 Å². The number of nitrogens with one attached hydrogen (secondary N) is 1. The Morgan fingerprint density at radius 2 is 1.83 bits per heavy atom. The summed E-state index contributed by atoms with van der Waals surface area (Å²) < 4.78 is 17.9. The van der Waals surface area contributed by atoms with E-state index in [1.807, 2.05) is 31.2 Å². The zero-order chi connectivity index (χ0) is 16.2. The number of hydrogen-bond donors (Lipinski definition) is 1. The first-order valence-corrected chi connectivity index (χ1v) is 7.05. The van der Waals surface area contributed by atoms with Crippen molar-refractivity contribution in [1.29, 1.82) is 0 Å². The lowest BCUT2D eigenvalue weighted by atomic mass is 10.1. The molecule has 0 aliphatic heterocycles. The van der Waals surface area contributed by atoms with Crippen LogP contribution in [0, 0.1) is 12.7 Å². The minimum atomic E-state index is -0.388. The van der Waals surface area contributed by atoms with Crippen LogP contribution >= 0.6 is 0 Å². The molecule has 0 aliphatic rings. The fourth-order valence-corrected chi connectivity index (χ4v) is 2.01. The van der Waals surface area contributed by atoms with E-state index in [1.165, 1.54) is 24.3 Å². The number of halogens is 1. The zero-order valence-corrected chi connectivity index (χ0v) is 12.4. The molecular weight excluding hydrogens is 297 g/mol. The van der Waals surface area contributed by atoms with Gasteiger partial charge in [0.25, 0.3) is 5.91 Å². The first kappa shape index (κ1) is 14.9. The molecule has 2 aromatic carbocycles. The predicted octanol–water partition coefficient (Wildman–Crippen LogP) is 3.11. The van der Waals surface area contributed by atoms with Crippen molar-refractivity contribution in [2.75, 3.05) is 0 Å². The van der Waals surface area contributed by atoms with Crippen molar-refractivity contribution in [3.63, 3.8) is 0 Å². The lowest BCUT2D eigenvalue weighted by Gasteiger charge is -2.01. The highest BCUT2D eigenvalue weighted by molar-refractivity contribution is 5.94. The molecule has 3 rings (SSSR count). The van der Waals surface area contributed by atoms with Crippen molar-refractivity contribution in [2.24, 2.45) is 0 Å². The Hall–Kier alpha value is -3.02. The van der Waals surface area contributed by atoms with Gasteiger partial charge >= 0.3 is 0 Å². The predicted molar refractivity (Wildman–Crippen MR) is 82.0 cm³/mol. The second kappa shape index (κ2) is 6.39. The second-order valence-electron chi connectivity index (χ2n) is 5.07. The molecule has 0 radical (unpaired) electrons. The summed E-state index contributed by atoms with van der Waals surface area (Å²) in [7, 11) is 0. The summed E-state index contributed by atoms with van der Waals surface area (Å²) >= 11 is 0. The van der Waals surface area contributed by atoms with Gasteiger partial charge in [0.2, 0.25) is 11.7 Å². The molecule has 1 N–H and O–H groups in total. The molecule has 1 heterocycles. The van der Waals surface area contributed by atoms with Gasteiger partial charge in [-0.05, 0) is 31.2 Å². The fraction of sp³-hybridized carbons (Fsp3) is 0.118. The Kier molecular flexibility index (Phi) is 4.14. The van der Waals surface area contributed by atoms with Crippen molar-refractivity contribution in [3.05, 3.63) is 71.4 Å². The Morgan fingerprint density at radius 1 is 1.13 bits per heavy atom. The molecule has 6 heteroatoms. The summed E-state index contributed by atoms with van der Waals surface area (Å²) in [6.07, 6.45) is 0. The number of carbonyl (C=O) groups is 1. The average Bonchev–Trinajstić information content (AvgIpc) is 3.03. The molecule has 3 aromatic rings. The number of amides is 1. The van der Waals surface area contributed by atoms with Crippen molar-refractivity contribution < 1.29 is 13.7 Å². The van der Waals surface area contributed by atoms with E-state index >= 15 is 0 Å². The first-order chi connectivity index (χ1) is 11.1. The summed E-state index contributed by atoms with van der Waals surface area (Å²) in [5.41, 5.74) is 2.35. The van der Waals surface area contributed by atoms with Crippen molar-refractivity contribution in [3.8, 4) is 11.4 Å².